The van der Waals surface area contributed by atoms with Gasteiger partial charge in [0, 0.05) is 50.6 Å². The van der Waals surface area contributed by atoms with Crippen LogP contribution in [0, 0.1) is 0 Å². The van der Waals surface area contributed by atoms with Crippen LogP contribution in [-0.4, -0.2) is 38.1 Å². The lowest BCUT2D eigenvalue weighted by atomic mass is 10.1. The van der Waals surface area contributed by atoms with Gasteiger partial charge in [-0.05, 0) is 29.3 Å². The second-order valence-corrected chi connectivity index (χ2v) is 8.92. The van der Waals surface area contributed by atoms with E-state index in [0.717, 1.165) is 66.5 Å². The minimum absolute atomic E-state index is 0.794. The van der Waals surface area contributed by atoms with E-state index in [0.29, 0.717) is 0 Å². The van der Waals surface area contributed by atoms with E-state index in [9.17, 15) is 0 Å². The summed E-state index contributed by atoms with van der Waals surface area (Å²) >= 11 is 0. The SMILES string of the molecule is COc1ccc(Cc2nc(-c3ccccc3)c3n2CCN(Cc2cccc4nccnc24)C3)cc1. The van der Waals surface area contributed by atoms with Gasteiger partial charge in [-0.3, -0.25) is 14.9 Å². The molecule has 2 aromatic heterocycles. The van der Waals surface area contributed by atoms with Gasteiger partial charge in [-0.25, -0.2) is 4.98 Å². The third-order valence-electron chi connectivity index (χ3n) is 6.71. The zero-order valence-electron chi connectivity index (χ0n) is 19.8. The molecule has 0 bridgehead atoms. The van der Waals surface area contributed by atoms with Gasteiger partial charge in [0.05, 0.1) is 29.5 Å². The molecule has 0 N–H and O–H groups in total. The van der Waals surface area contributed by atoms with Crippen molar-refractivity contribution in [3.63, 3.8) is 0 Å². The highest BCUT2D eigenvalue weighted by Gasteiger charge is 2.25. The van der Waals surface area contributed by atoms with Gasteiger partial charge >= 0.3 is 0 Å². The van der Waals surface area contributed by atoms with Crippen molar-refractivity contribution in [2.24, 2.45) is 0 Å². The van der Waals surface area contributed by atoms with Crippen molar-refractivity contribution >= 4 is 11.0 Å². The van der Waals surface area contributed by atoms with E-state index in [1.54, 1.807) is 19.5 Å². The molecule has 1 aliphatic rings. The van der Waals surface area contributed by atoms with Crippen LogP contribution in [0.3, 0.4) is 0 Å². The lowest BCUT2D eigenvalue weighted by Crippen LogP contribution is -2.34. The molecule has 35 heavy (non-hydrogen) atoms. The molecule has 0 spiro atoms. The van der Waals surface area contributed by atoms with Crippen molar-refractivity contribution in [3.8, 4) is 17.0 Å². The van der Waals surface area contributed by atoms with Crippen LogP contribution in [0.2, 0.25) is 0 Å². The quantitative estimate of drug-likeness (QED) is 0.352. The van der Waals surface area contributed by atoms with Crippen molar-refractivity contribution < 1.29 is 4.74 Å². The van der Waals surface area contributed by atoms with E-state index in [2.05, 4.69) is 74.0 Å². The van der Waals surface area contributed by atoms with Crippen molar-refractivity contribution in [1.29, 1.82) is 0 Å². The molecule has 0 aliphatic carbocycles. The normalized spacial score (nSPS) is 13.6. The molecule has 0 radical (unpaired) electrons. The van der Waals surface area contributed by atoms with Gasteiger partial charge in [0.2, 0.25) is 0 Å². The molecule has 1 aliphatic heterocycles. The molecule has 6 nitrogen and oxygen atoms in total. The first-order valence-corrected chi connectivity index (χ1v) is 12.0. The Morgan fingerprint density at radius 2 is 1.69 bits per heavy atom. The van der Waals surface area contributed by atoms with Gasteiger partial charge in [0.25, 0.3) is 0 Å². The van der Waals surface area contributed by atoms with Crippen LogP contribution in [0.5, 0.6) is 5.75 Å². The Morgan fingerprint density at radius 1 is 0.857 bits per heavy atom. The molecular formula is C29H27N5O. The summed E-state index contributed by atoms with van der Waals surface area (Å²) in [7, 11) is 1.70. The number of benzene rings is 3. The van der Waals surface area contributed by atoms with Gasteiger partial charge < -0.3 is 9.30 Å². The number of hydrogen-bond acceptors (Lipinski definition) is 5. The molecule has 6 heteroatoms. The molecule has 3 aromatic carbocycles. The second-order valence-electron chi connectivity index (χ2n) is 8.92. The Hall–Kier alpha value is -4.03. The maximum atomic E-state index is 5.32. The van der Waals surface area contributed by atoms with Gasteiger partial charge in [-0.2, -0.15) is 0 Å². The van der Waals surface area contributed by atoms with Gasteiger partial charge in [-0.1, -0.05) is 54.6 Å². The van der Waals surface area contributed by atoms with E-state index < -0.39 is 0 Å². The van der Waals surface area contributed by atoms with Crippen molar-refractivity contribution in [1.82, 2.24) is 24.4 Å². The Bertz CT molecular complexity index is 1450. The highest BCUT2D eigenvalue weighted by molar-refractivity contribution is 5.77. The fraction of sp³-hybridized carbons (Fsp3) is 0.207. The average molecular weight is 462 g/mol. The van der Waals surface area contributed by atoms with Crippen LogP contribution in [-0.2, 0) is 26.1 Å². The van der Waals surface area contributed by atoms with Gasteiger partial charge in [0.15, 0.2) is 0 Å². The Labute approximate surface area is 204 Å². The van der Waals surface area contributed by atoms with E-state index in [-0.39, 0.29) is 0 Å². The van der Waals surface area contributed by atoms with Crippen LogP contribution < -0.4 is 4.74 Å². The Kier molecular flexibility index (Phi) is 5.72. The first kappa shape index (κ1) is 21.5. The molecule has 0 unspecified atom stereocenters. The minimum atomic E-state index is 0.794. The first-order valence-electron chi connectivity index (χ1n) is 12.0. The standard InChI is InChI=1S/C29H27N5O/c1-35-24-12-10-21(11-13-24)18-27-32-29(22-6-3-2-4-7-22)26-20-33(16-17-34(26)27)19-23-8-5-9-25-28(23)31-15-14-30-25/h2-15H,16-20H2,1H3. The summed E-state index contributed by atoms with van der Waals surface area (Å²) in [4.78, 5) is 16.7. The number of rotatable bonds is 6. The monoisotopic (exact) mass is 461 g/mol. The summed E-state index contributed by atoms with van der Waals surface area (Å²) in [6.45, 7) is 3.56. The van der Waals surface area contributed by atoms with E-state index in [1.807, 2.05) is 18.2 Å². The largest absolute Gasteiger partial charge is 0.497 e. The molecule has 0 amide bonds. The maximum absolute atomic E-state index is 5.32. The molecule has 5 aromatic rings. The molecule has 0 fully saturated rings. The summed E-state index contributed by atoms with van der Waals surface area (Å²) in [6, 6.07) is 25.1. The number of hydrogen-bond donors (Lipinski definition) is 0. The van der Waals surface area contributed by atoms with E-state index >= 15 is 0 Å². The van der Waals surface area contributed by atoms with Crippen molar-refractivity contribution in [2.45, 2.75) is 26.1 Å². The van der Waals surface area contributed by atoms with E-state index in [4.69, 9.17) is 9.72 Å². The summed E-state index contributed by atoms with van der Waals surface area (Å²) in [5.74, 6) is 1.98. The topological polar surface area (TPSA) is 56.1 Å². The third kappa shape index (κ3) is 4.29. The van der Waals surface area contributed by atoms with E-state index in [1.165, 1.54) is 16.8 Å². The predicted octanol–water partition coefficient (Wildman–Crippen LogP) is 5.11. The lowest BCUT2D eigenvalue weighted by molar-refractivity contribution is 0.212. The zero-order chi connectivity index (χ0) is 23.6. The number of methoxy groups -OCH3 is 1. The number of ether oxygens (including phenoxy) is 1. The number of nitrogens with zero attached hydrogens (tertiary/aromatic N) is 5. The summed E-state index contributed by atoms with van der Waals surface area (Å²) in [5, 5.41) is 0. The smallest absolute Gasteiger partial charge is 0.118 e. The van der Waals surface area contributed by atoms with Crippen molar-refractivity contribution in [3.05, 3.63) is 108 Å². The molecule has 6 rings (SSSR count). The van der Waals surface area contributed by atoms with Gasteiger partial charge in [0.1, 0.15) is 11.6 Å². The number of imidazole rings is 1. The van der Waals surface area contributed by atoms with Crippen LogP contribution in [0.25, 0.3) is 22.3 Å². The van der Waals surface area contributed by atoms with Crippen LogP contribution in [0.15, 0.2) is 85.2 Å². The van der Waals surface area contributed by atoms with Crippen LogP contribution in [0.4, 0.5) is 0 Å². The highest BCUT2D eigenvalue weighted by Crippen LogP contribution is 2.30. The molecule has 3 heterocycles. The summed E-state index contributed by atoms with van der Waals surface area (Å²) < 4.78 is 7.75. The molecule has 174 valence electrons. The highest BCUT2D eigenvalue weighted by atomic mass is 16.5. The molecular weight excluding hydrogens is 434 g/mol. The minimum Gasteiger partial charge on any atom is -0.497 e. The lowest BCUT2D eigenvalue weighted by Gasteiger charge is -2.29. The van der Waals surface area contributed by atoms with Gasteiger partial charge in [-0.15, -0.1) is 0 Å². The number of para-hydroxylation sites is 1. The average Bonchev–Trinajstić information content (AvgIpc) is 3.27. The maximum Gasteiger partial charge on any atom is 0.118 e. The van der Waals surface area contributed by atoms with Crippen LogP contribution in [0.1, 0.15) is 22.6 Å². The molecule has 0 atom stereocenters. The zero-order valence-corrected chi connectivity index (χ0v) is 19.8. The predicted molar refractivity (Wildman–Crippen MR) is 137 cm³/mol. The van der Waals surface area contributed by atoms with Crippen LogP contribution >= 0.6 is 0 Å². The number of aromatic nitrogens is 4. The summed E-state index contributed by atoms with van der Waals surface area (Å²) in [5.41, 5.74) is 7.89. The molecule has 0 saturated heterocycles. The first-order chi connectivity index (χ1) is 17.3. The Balaban J connectivity index is 1.33. The van der Waals surface area contributed by atoms with Crippen molar-refractivity contribution in [2.75, 3.05) is 13.7 Å². The second kappa shape index (κ2) is 9.31. The number of fused-ring (bicyclic) bond motifs is 2. The Morgan fingerprint density at radius 3 is 2.51 bits per heavy atom. The molecule has 0 saturated carbocycles. The summed E-state index contributed by atoms with van der Waals surface area (Å²) in [6.07, 6.45) is 4.32. The fourth-order valence-electron chi connectivity index (χ4n) is 4.94. The fourth-order valence-corrected chi connectivity index (χ4v) is 4.94. The third-order valence-corrected chi connectivity index (χ3v) is 6.71.